The number of aromatic nitrogens is 4. The number of rotatable bonds is 1. The summed E-state index contributed by atoms with van der Waals surface area (Å²) in [6, 6.07) is 0.655. The molecule has 68 valence electrons. The Balaban J connectivity index is 3.16. The smallest absolute Gasteiger partial charge is 0.443 e. The molecule has 1 aromatic heterocycles. The van der Waals surface area contributed by atoms with E-state index in [4.69, 9.17) is 4.74 Å². The fraction of sp³-hybridized carbons (Fsp3) is 0.857. The van der Waals surface area contributed by atoms with Crippen LogP contribution < -0.4 is 9.42 Å². The van der Waals surface area contributed by atoms with Crippen LogP contribution in [-0.4, -0.2) is 22.2 Å². The lowest BCUT2D eigenvalue weighted by Gasteiger charge is -2.11. The highest BCUT2D eigenvalue weighted by molar-refractivity contribution is 4.85. The van der Waals surface area contributed by atoms with Crippen LogP contribution in [0, 0.1) is 0 Å². The van der Waals surface area contributed by atoms with Crippen LogP contribution in [0.3, 0.4) is 0 Å². The minimum atomic E-state index is -0.0976. The Bertz CT molecular complexity index is 273. The molecule has 0 aromatic carbocycles. The molecule has 0 atom stereocenters. The summed E-state index contributed by atoms with van der Waals surface area (Å²) in [4.78, 5) is 0. The molecule has 0 saturated heterocycles. The van der Waals surface area contributed by atoms with Crippen LogP contribution >= 0.6 is 0 Å². The molecule has 0 fully saturated rings. The van der Waals surface area contributed by atoms with Gasteiger partial charge in [-0.25, -0.2) is 0 Å². The van der Waals surface area contributed by atoms with Gasteiger partial charge in [-0.2, -0.15) is 0 Å². The maximum absolute atomic E-state index is 5.14. The number of hydrogen-bond donors (Lipinski definition) is 0. The lowest BCUT2D eigenvalue weighted by Crippen LogP contribution is -2.34. The summed E-state index contributed by atoms with van der Waals surface area (Å²) in [5.41, 5.74) is -0.0976. The van der Waals surface area contributed by atoms with Crippen LogP contribution in [0.2, 0.25) is 0 Å². The van der Waals surface area contributed by atoms with Crippen molar-refractivity contribution in [1.29, 1.82) is 0 Å². The molecule has 0 spiro atoms. The van der Waals surface area contributed by atoms with Gasteiger partial charge in [-0.05, 0) is 25.5 Å². The van der Waals surface area contributed by atoms with Crippen molar-refractivity contribution in [3.8, 4) is 6.01 Å². The zero-order valence-corrected chi connectivity index (χ0v) is 8.20. The van der Waals surface area contributed by atoms with Gasteiger partial charge in [0.2, 0.25) is 0 Å². The lowest BCUT2D eigenvalue weighted by atomic mass is 10.1. The van der Waals surface area contributed by atoms with Crippen molar-refractivity contribution < 1.29 is 9.42 Å². The molecule has 0 bridgehead atoms. The summed E-state index contributed by atoms with van der Waals surface area (Å²) in [7, 11) is 3.41. The normalized spacial score (nSPS) is 11.8. The van der Waals surface area contributed by atoms with Gasteiger partial charge < -0.3 is 4.74 Å². The number of tetrazole rings is 1. The molecule has 0 unspecified atom stereocenters. The fourth-order valence-corrected chi connectivity index (χ4v) is 0.953. The average molecular weight is 171 g/mol. The maximum Gasteiger partial charge on any atom is 0.452 e. The molecular weight excluding hydrogens is 156 g/mol. The topological polar surface area (TPSA) is 43.8 Å². The van der Waals surface area contributed by atoms with Crippen molar-refractivity contribution in [2.24, 2.45) is 7.05 Å². The molecule has 0 amide bonds. The van der Waals surface area contributed by atoms with Crippen molar-refractivity contribution >= 4 is 0 Å². The van der Waals surface area contributed by atoms with E-state index in [1.165, 1.54) is 0 Å². The molecule has 1 heterocycles. The Morgan fingerprint density at radius 3 is 2.33 bits per heavy atom. The third-order valence-corrected chi connectivity index (χ3v) is 1.54. The third-order valence-electron chi connectivity index (χ3n) is 1.54. The van der Waals surface area contributed by atoms with Gasteiger partial charge in [-0.3, -0.25) is 0 Å². The molecule has 0 aliphatic heterocycles. The van der Waals surface area contributed by atoms with Crippen LogP contribution in [0.15, 0.2) is 0 Å². The summed E-state index contributed by atoms with van der Waals surface area (Å²) >= 11 is 0. The number of methoxy groups -OCH3 is 1. The van der Waals surface area contributed by atoms with Gasteiger partial charge in [-0.15, -0.1) is 4.68 Å². The van der Waals surface area contributed by atoms with E-state index in [0.29, 0.717) is 6.01 Å². The van der Waals surface area contributed by atoms with Crippen molar-refractivity contribution in [1.82, 2.24) is 15.1 Å². The van der Waals surface area contributed by atoms with Crippen LogP contribution in [0.4, 0.5) is 0 Å². The summed E-state index contributed by atoms with van der Waals surface area (Å²) in [6.07, 6.45) is 0. The van der Waals surface area contributed by atoms with E-state index in [2.05, 4.69) is 10.4 Å². The van der Waals surface area contributed by atoms with Gasteiger partial charge in [0.25, 0.3) is 0 Å². The molecule has 12 heavy (non-hydrogen) atoms. The second-order valence-electron chi connectivity index (χ2n) is 3.67. The Morgan fingerprint density at radius 1 is 1.42 bits per heavy atom. The molecule has 1 rings (SSSR count). The Labute approximate surface area is 71.9 Å². The van der Waals surface area contributed by atoms with Crippen molar-refractivity contribution in [3.05, 3.63) is 0 Å². The highest BCUT2D eigenvalue weighted by Gasteiger charge is 2.30. The fourth-order valence-electron chi connectivity index (χ4n) is 0.953. The van der Waals surface area contributed by atoms with E-state index in [0.717, 1.165) is 0 Å². The summed E-state index contributed by atoms with van der Waals surface area (Å²) < 4.78 is 8.49. The van der Waals surface area contributed by atoms with Crippen LogP contribution in [-0.2, 0) is 12.6 Å². The molecule has 5 nitrogen and oxygen atoms in total. The molecular formula is C7H15N4O+. The van der Waals surface area contributed by atoms with E-state index in [9.17, 15) is 0 Å². The summed E-state index contributed by atoms with van der Waals surface area (Å²) in [5.74, 6) is 0. The van der Waals surface area contributed by atoms with Crippen LogP contribution in [0.1, 0.15) is 20.8 Å². The highest BCUT2D eigenvalue weighted by Crippen LogP contribution is 2.15. The second kappa shape index (κ2) is 2.73. The number of aryl methyl sites for hydroxylation is 1. The minimum Gasteiger partial charge on any atom is -0.443 e. The Kier molecular flexibility index (Phi) is 2.04. The van der Waals surface area contributed by atoms with Gasteiger partial charge in [-0.1, -0.05) is 0 Å². The van der Waals surface area contributed by atoms with Gasteiger partial charge in [0.05, 0.1) is 14.2 Å². The van der Waals surface area contributed by atoms with E-state index in [1.807, 2.05) is 20.8 Å². The summed E-state index contributed by atoms with van der Waals surface area (Å²) in [6.45, 7) is 6.14. The molecule has 1 aromatic rings. The van der Waals surface area contributed by atoms with Gasteiger partial charge >= 0.3 is 6.01 Å². The molecule has 0 radical (unpaired) electrons. The second-order valence-corrected chi connectivity index (χ2v) is 3.67. The lowest BCUT2D eigenvalue weighted by molar-refractivity contribution is -0.735. The first kappa shape index (κ1) is 8.96. The van der Waals surface area contributed by atoms with Gasteiger partial charge in [0, 0.05) is 0 Å². The van der Waals surface area contributed by atoms with E-state index in [-0.39, 0.29) is 5.54 Å². The van der Waals surface area contributed by atoms with Crippen molar-refractivity contribution in [2.75, 3.05) is 7.11 Å². The number of ether oxygens (including phenoxy) is 1. The quantitative estimate of drug-likeness (QED) is 0.553. The SMILES string of the molecule is COc1n(C(C)(C)C)nn[n+]1C. The standard InChI is InChI=1S/C7H15N4O/c1-7(2,3)11-6(12-5)10(4)8-9-11/h1-5H3/q+1. The molecule has 0 saturated carbocycles. The largest absolute Gasteiger partial charge is 0.452 e. The average Bonchev–Trinajstić information content (AvgIpc) is 2.29. The monoisotopic (exact) mass is 171 g/mol. The summed E-state index contributed by atoms with van der Waals surface area (Å²) in [5, 5.41) is 7.82. The highest BCUT2D eigenvalue weighted by atomic mass is 16.5. The van der Waals surface area contributed by atoms with Crippen molar-refractivity contribution in [3.63, 3.8) is 0 Å². The Hall–Kier alpha value is -1.13. The first-order valence-corrected chi connectivity index (χ1v) is 3.83. The predicted octanol–water partition coefficient (Wildman–Crippen LogP) is -0.134. The number of hydrogen-bond acceptors (Lipinski definition) is 3. The van der Waals surface area contributed by atoms with E-state index in [1.54, 1.807) is 23.5 Å². The van der Waals surface area contributed by atoms with E-state index >= 15 is 0 Å². The van der Waals surface area contributed by atoms with Crippen LogP contribution in [0.25, 0.3) is 0 Å². The zero-order valence-electron chi connectivity index (χ0n) is 8.20. The zero-order chi connectivity index (χ0) is 9.35. The van der Waals surface area contributed by atoms with Gasteiger partial charge in [0.15, 0.2) is 5.21 Å². The molecule has 5 heteroatoms. The van der Waals surface area contributed by atoms with Crippen LogP contribution in [0.5, 0.6) is 6.01 Å². The predicted molar refractivity (Wildman–Crippen MR) is 42.7 cm³/mol. The third kappa shape index (κ3) is 1.39. The number of nitrogens with zero attached hydrogens (tertiary/aromatic N) is 4. The van der Waals surface area contributed by atoms with Crippen molar-refractivity contribution in [2.45, 2.75) is 26.3 Å². The minimum absolute atomic E-state index is 0.0976. The molecule has 0 N–H and O–H groups in total. The molecule has 0 aliphatic carbocycles. The first-order chi connectivity index (χ1) is 5.46. The van der Waals surface area contributed by atoms with Gasteiger partial charge in [0.1, 0.15) is 10.8 Å². The Morgan fingerprint density at radius 2 is 2.00 bits per heavy atom. The molecule has 0 aliphatic rings. The first-order valence-electron chi connectivity index (χ1n) is 3.83. The maximum atomic E-state index is 5.14. The van der Waals surface area contributed by atoms with E-state index < -0.39 is 0 Å².